The van der Waals surface area contributed by atoms with Crippen molar-refractivity contribution in [3.8, 4) is 11.3 Å². The van der Waals surface area contributed by atoms with Crippen LogP contribution in [-0.4, -0.2) is 50.7 Å². The Morgan fingerprint density at radius 2 is 1.97 bits per heavy atom. The van der Waals surface area contributed by atoms with E-state index in [1.54, 1.807) is 11.9 Å². The predicted molar refractivity (Wildman–Crippen MR) is 132 cm³/mol. The average molecular weight is 459 g/mol. The lowest BCUT2D eigenvalue weighted by atomic mass is 10.1. The van der Waals surface area contributed by atoms with Crippen LogP contribution >= 0.6 is 0 Å². The minimum absolute atomic E-state index is 0.0271. The summed E-state index contributed by atoms with van der Waals surface area (Å²) in [5.74, 6) is 1.26. The minimum atomic E-state index is -0.0271. The van der Waals surface area contributed by atoms with Crippen molar-refractivity contribution >= 4 is 29.4 Å². The number of fused-ring (bicyclic) bond motifs is 1. The first-order valence-corrected chi connectivity index (χ1v) is 11.9. The second-order valence-electron chi connectivity index (χ2n) is 9.54. The van der Waals surface area contributed by atoms with Crippen molar-refractivity contribution in [3.05, 3.63) is 53.6 Å². The molecule has 0 bridgehead atoms. The summed E-state index contributed by atoms with van der Waals surface area (Å²) >= 11 is 0. The Bertz CT molecular complexity index is 1270. The first kappa shape index (κ1) is 22.1. The maximum absolute atomic E-state index is 12.4. The van der Waals surface area contributed by atoms with Crippen LogP contribution in [0.1, 0.15) is 55.6 Å². The number of hydrogen-bond donors (Lipinski definition) is 2. The highest BCUT2D eigenvalue weighted by molar-refractivity contribution is 5.95. The molecule has 3 aromatic rings. The Morgan fingerprint density at radius 3 is 2.62 bits per heavy atom. The van der Waals surface area contributed by atoms with E-state index in [0.29, 0.717) is 36.2 Å². The summed E-state index contributed by atoms with van der Waals surface area (Å²) in [6.45, 7) is 5.06. The number of allylic oxidation sites excluding steroid dienone is 1. The van der Waals surface area contributed by atoms with Crippen LogP contribution in [0.4, 0.5) is 5.82 Å². The second kappa shape index (κ2) is 8.93. The van der Waals surface area contributed by atoms with E-state index in [0.717, 1.165) is 47.7 Å². The second-order valence-corrected chi connectivity index (χ2v) is 9.54. The lowest BCUT2D eigenvalue weighted by Gasteiger charge is -2.13. The molecule has 0 radical (unpaired) electrons. The van der Waals surface area contributed by atoms with Crippen molar-refractivity contribution in [2.24, 2.45) is 5.92 Å². The summed E-state index contributed by atoms with van der Waals surface area (Å²) in [5, 5.41) is 6.45. The van der Waals surface area contributed by atoms with Gasteiger partial charge < -0.3 is 15.5 Å². The number of anilines is 1. The number of likely N-dealkylation sites (tertiary alicyclic amines) is 1. The van der Waals surface area contributed by atoms with Gasteiger partial charge in [-0.05, 0) is 43.4 Å². The first-order chi connectivity index (χ1) is 16.4. The van der Waals surface area contributed by atoms with Crippen LogP contribution in [-0.2, 0) is 4.79 Å². The summed E-state index contributed by atoms with van der Waals surface area (Å²) < 4.78 is 2.03. The van der Waals surface area contributed by atoms with E-state index in [-0.39, 0.29) is 11.8 Å². The van der Waals surface area contributed by atoms with Crippen molar-refractivity contribution in [1.82, 2.24) is 24.6 Å². The molecule has 2 aliphatic rings. The summed E-state index contributed by atoms with van der Waals surface area (Å²) in [4.78, 5) is 35.5. The monoisotopic (exact) mass is 458 g/mol. The van der Waals surface area contributed by atoms with Crippen LogP contribution in [0.3, 0.4) is 0 Å². The van der Waals surface area contributed by atoms with Crippen molar-refractivity contribution in [1.29, 1.82) is 0 Å². The van der Waals surface area contributed by atoms with Crippen LogP contribution in [0.2, 0.25) is 0 Å². The van der Waals surface area contributed by atoms with Gasteiger partial charge in [-0.25, -0.2) is 9.97 Å². The zero-order valence-electron chi connectivity index (χ0n) is 19.8. The number of nitrogens with one attached hydrogen (secondary N) is 2. The summed E-state index contributed by atoms with van der Waals surface area (Å²) in [7, 11) is 1.81. The molecular weight excluding hydrogens is 428 g/mol. The molecule has 1 aromatic carbocycles. The van der Waals surface area contributed by atoms with Crippen LogP contribution in [0.5, 0.6) is 0 Å². The molecule has 0 unspecified atom stereocenters. The van der Waals surface area contributed by atoms with Crippen molar-refractivity contribution < 1.29 is 9.59 Å². The van der Waals surface area contributed by atoms with Crippen LogP contribution in [0.25, 0.3) is 23.0 Å². The van der Waals surface area contributed by atoms with Gasteiger partial charge in [0.05, 0.1) is 17.6 Å². The molecule has 8 nitrogen and oxygen atoms in total. The van der Waals surface area contributed by atoms with E-state index in [9.17, 15) is 9.59 Å². The number of carbonyl (C=O) groups excluding carboxylic acids is 2. The zero-order valence-corrected chi connectivity index (χ0v) is 19.8. The summed E-state index contributed by atoms with van der Waals surface area (Å²) in [6.07, 6.45) is 9.13. The van der Waals surface area contributed by atoms with E-state index < -0.39 is 0 Å². The topological polar surface area (TPSA) is 91.6 Å². The largest absolute Gasteiger partial charge is 0.367 e. The number of nitrogens with zero attached hydrogens (tertiary/aromatic N) is 4. The highest BCUT2D eigenvalue weighted by atomic mass is 16.2. The Hall–Kier alpha value is -3.68. The van der Waals surface area contributed by atoms with Gasteiger partial charge in [-0.15, -0.1) is 0 Å². The Balaban J connectivity index is 1.52. The number of imidazole rings is 1. The smallest absolute Gasteiger partial charge is 0.251 e. The fourth-order valence-electron chi connectivity index (χ4n) is 4.07. The number of benzene rings is 1. The van der Waals surface area contributed by atoms with Gasteiger partial charge in [0.2, 0.25) is 5.91 Å². The normalized spacial score (nSPS) is 17.2. The van der Waals surface area contributed by atoms with E-state index in [1.165, 1.54) is 0 Å². The Kier molecular flexibility index (Phi) is 5.81. The summed E-state index contributed by atoms with van der Waals surface area (Å²) in [6, 6.07) is 7.95. The molecule has 1 aliphatic heterocycles. The number of rotatable bonds is 7. The van der Waals surface area contributed by atoms with E-state index in [4.69, 9.17) is 4.98 Å². The molecule has 2 fully saturated rings. The summed E-state index contributed by atoms with van der Waals surface area (Å²) in [5.41, 5.74) is 4.99. The van der Waals surface area contributed by atoms with Crippen molar-refractivity contribution in [2.45, 2.75) is 45.6 Å². The van der Waals surface area contributed by atoms with Crippen LogP contribution < -0.4 is 10.6 Å². The fraction of sp³-hybridized carbons (Fsp3) is 0.385. The Labute approximate surface area is 199 Å². The third kappa shape index (κ3) is 4.53. The molecule has 3 heterocycles. The quantitative estimate of drug-likeness (QED) is 0.559. The number of aromatic nitrogens is 3. The van der Waals surface area contributed by atoms with E-state index >= 15 is 0 Å². The van der Waals surface area contributed by atoms with Gasteiger partial charge in [-0.3, -0.25) is 14.0 Å². The number of carbonyl (C=O) groups is 2. The van der Waals surface area contributed by atoms with Gasteiger partial charge in [0, 0.05) is 49.1 Å². The SMILES string of the molecule is CC(C)CNc1nc(/C=C2\CCC(=O)N2C)cn2c(-c3ccc(C(=O)NC4CC4)cc3)cnc12. The third-order valence-corrected chi connectivity index (χ3v) is 6.26. The molecule has 0 spiro atoms. The molecular formula is C26H30N6O2. The molecule has 5 rings (SSSR count). The molecule has 1 saturated heterocycles. The first-order valence-electron chi connectivity index (χ1n) is 11.9. The third-order valence-electron chi connectivity index (χ3n) is 6.26. The van der Waals surface area contributed by atoms with Gasteiger partial charge in [0.15, 0.2) is 11.5 Å². The van der Waals surface area contributed by atoms with Crippen LogP contribution in [0, 0.1) is 5.92 Å². The molecule has 2 N–H and O–H groups in total. The lowest BCUT2D eigenvalue weighted by Crippen LogP contribution is -2.25. The molecule has 1 aliphatic carbocycles. The van der Waals surface area contributed by atoms with Gasteiger partial charge in [0.25, 0.3) is 5.91 Å². The molecule has 1 saturated carbocycles. The van der Waals surface area contributed by atoms with Crippen LogP contribution in [0.15, 0.2) is 42.4 Å². The van der Waals surface area contributed by atoms with Crippen molar-refractivity contribution in [3.63, 3.8) is 0 Å². The maximum atomic E-state index is 12.4. The molecule has 0 atom stereocenters. The van der Waals surface area contributed by atoms with Gasteiger partial charge >= 0.3 is 0 Å². The molecule has 34 heavy (non-hydrogen) atoms. The minimum Gasteiger partial charge on any atom is -0.367 e. The molecule has 176 valence electrons. The number of amides is 2. The van der Waals surface area contributed by atoms with Gasteiger partial charge in [-0.1, -0.05) is 26.0 Å². The molecule has 2 aromatic heterocycles. The van der Waals surface area contributed by atoms with Crippen molar-refractivity contribution in [2.75, 3.05) is 18.9 Å². The van der Waals surface area contributed by atoms with E-state index in [2.05, 4.69) is 29.5 Å². The standard InChI is InChI=1S/C26H30N6O2/c1-16(2)13-27-24-25-28-14-22(17-4-6-18(7-5-17)26(34)30-19-8-9-19)32(25)15-20(29-24)12-21-10-11-23(33)31(21)3/h4-7,12,14-16,19H,8-11,13H2,1-3H3,(H,27,29)(H,30,34)/b21-12+. The molecule has 2 amide bonds. The van der Waals surface area contributed by atoms with Gasteiger partial charge in [-0.2, -0.15) is 0 Å². The Morgan fingerprint density at radius 1 is 1.21 bits per heavy atom. The predicted octanol–water partition coefficient (Wildman–Crippen LogP) is 3.95. The lowest BCUT2D eigenvalue weighted by molar-refractivity contribution is -0.125. The average Bonchev–Trinajstić information content (AvgIpc) is 3.45. The number of hydrogen-bond acceptors (Lipinski definition) is 5. The fourth-order valence-corrected chi connectivity index (χ4v) is 4.07. The molecule has 8 heteroatoms. The highest BCUT2D eigenvalue weighted by Crippen LogP contribution is 2.28. The maximum Gasteiger partial charge on any atom is 0.251 e. The zero-order chi connectivity index (χ0) is 23.8. The van der Waals surface area contributed by atoms with E-state index in [1.807, 2.05) is 47.1 Å². The van der Waals surface area contributed by atoms with Gasteiger partial charge in [0.1, 0.15) is 0 Å². The highest BCUT2D eigenvalue weighted by Gasteiger charge is 2.24.